The van der Waals surface area contributed by atoms with Gasteiger partial charge >= 0.3 is 0 Å². The van der Waals surface area contributed by atoms with E-state index in [1.54, 1.807) is 12.1 Å². The zero-order valence-corrected chi connectivity index (χ0v) is 11.7. The van der Waals surface area contributed by atoms with Crippen LogP contribution in [-0.4, -0.2) is 22.7 Å². The Kier molecular flexibility index (Phi) is 3.96. The lowest BCUT2D eigenvalue weighted by Crippen LogP contribution is -2.18. The van der Waals surface area contributed by atoms with Crippen LogP contribution in [0.5, 0.6) is 0 Å². The summed E-state index contributed by atoms with van der Waals surface area (Å²) in [7, 11) is 1.51. The third-order valence-electron chi connectivity index (χ3n) is 2.66. The SMILES string of the molecule is CNC(=O)c1ccn(-c2ccc(CN)c(Br)c2F)n1. The maximum absolute atomic E-state index is 14.2. The Labute approximate surface area is 117 Å². The van der Waals surface area contributed by atoms with E-state index in [9.17, 15) is 9.18 Å². The van der Waals surface area contributed by atoms with Gasteiger partial charge in [-0.2, -0.15) is 5.10 Å². The summed E-state index contributed by atoms with van der Waals surface area (Å²) in [4.78, 5) is 11.4. The molecule has 0 saturated heterocycles. The van der Waals surface area contributed by atoms with Gasteiger partial charge in [0.15, 0.2) is 11.5 Å². The van der Waals surface area contributed by atoms with E-state index in [1.165, 1.54) is 24.0 Å². The van der Waals surface area contributed by atoms with E-state index in [0.717, 1.165) is 0 Å². The molecule has 1 aromatic carbocycles. The molecule has 5 nitrogen and oxygen atoms in total. The molecule has 7 heteroatoms. The number of carbonyl (C=O) groups is 1. The van der Waals surface area contributed by atoms with Crippen LogP contribution in [0.3, 0.4) is 0 Å². The van der Waals surface area contributed by atoms with Gasteiger partial charge in [-0.1, -0.05) is 6.07 Å². The maximum Gasteiger partial charge on any atom is 0.271 e. The first-order valence-electron chi connectivity index (χ1n) is 5.53. The molecule has 0 radical (unpaired) electrons. The molecule has 3 N–H and O–H groups in total. The first-order valence-corrected chi connectivity index (χ1v) is 6.32. The van der Waals surface area contributed by atoms with Gasteiger partial charge in [-0.15, -0.1) is 0 Å². The first-order chi connectivity index (χ1) is 9.08. The van der Waals surface area contributed by atoms with Crippen molar-refractivity contribution in [2.45, 2.75) is 6.54 Å². The highest BCUT2D eigenvalue weighted by Gasteiger charge is 2.14. The van der Waals surface area contributed by atoms with Crippen LogP contribution in [0.15, 0.2) is 28.9 Å². The van der Waals surface area contributed by atoms with E-state index in [1.807, 2.05) is 0 Å². The third kappa shape index (κ3) is 2.52. The molecule has 0 atom stereocenters. The average Bonchev–Trinajstić information content (AvgIpc) is 2.90. The van der Waals surface area contributed by atoms with Crippen molar-refractivity contribution < 1.29 is 9.18 Å². The molecular weight excluding hydrogens is 315 g/mol. The van der Waals surface area contributed by atoms with Gasteiger partial charge in [-0.25, -0.2) is 9.07 Å². The van der Waals surface area contributed by atoms with Gasteiger partial charge in [0, 0.05) is 19.8 Å². The molecule has 2 rings (SSSR count). The van der Waals surface area contributed by atoms with E-state index in [2.05, 4.69) is 26.3 Å². The minimum Gasteiger partial charge on any atom is -0.354 e. The Hall–Kier alpha value is -1.73. The van der Waals surface area contributed by atoms with E-state index in [0.29, 0.717) is 10.0 Å². The summed E-state index contributed by atoms with van der Waals surface area (Å²) in [6.45, 7) is 0.236. The Morgan fingerprint density at radius 2 is 2.26 bits per heavy atom. The zero-order valence-electron chi connectivity index (χ0n) is 10.2. The number of benzene rings is 1. The molecule has 100 valence electrons. The van der Waals surface area contributed by atoms with Gasteiger partial charge in [0.25, 0.3) is 5.91 Å². The number of nitrogens with two attached hydrogens (primary N) is 1. The van der Waals surface area contributed by atoms with Gasteiger partial charge in [-0.3, -0.25) is 4.79 Å². The monoisotopic (exact) mass is 326 g/mol. The van der Waals surface area contributed by atoms with Crippen LogP contribution >= 0.6 is 15.9 Å². The minimum atomic E-state index is -0.463. The van der Waals surface area contributed by atoms with Crippen LogP contribution in [-0.2, 0) is 6.54 Å². The first kappa shape index (κ1) is 13.7. The predicted molar refractivity (Wildman–Crippen MR) is 72.5 cm³/mol. The van der Waals surface area contributed by atoms with Crippen molar-refractivity contribution in [1.82, 2.24) is 15.1 Å². The Morgan fingerprint density at radius 3 is 2.89 bits per heavy atom. The number of halogens is 2. The number of rotatable bonds is 3. The largest absolute Gasteiger partial charge is 0.354 e. The summed E-state index contributed by atoms with van der Waals surface area (Å²) < 4.78 is 15.8. The van der Waals surface area contributed by atoms with E-state index >= 15 is 0 Å². The molecule has 0 unspecified atom stereocenters. The van der Waals surface area contributed by atoms with Crippen LogP contribution in [0.4, 0.5) is 4.39 Å². The van der Waals surface area contributed by atoms with Crippen molar-refractivity contribution in [3.63, 3.8) is 0 Å². The van der Waals surface area contributed by atoms with E-state index in [-0.39, 0.29) is 23.8 Å². The topological polar surface area (TPSA) is 72.9 Å². The van der Waals surface area contributed by atoms with Crippen LogP contribution < -0.4 is 11.1 Å². The molecule has 2 aromatic rings. The van der Waals surface area contributed by atoms with Crippen molar-refractivity contribution in [3.8, 4) is 5.69 Å². The maximum atomic E-state index is 14.2. The molecule has 0 aliphatic carbocycles. The molecule has 0 bridgehead atoms. The molecule has 19 heavy (non-hydrogen) atoms. The van der Waals surface area contributed by atoms with Crippen molar-refractivity contribution in [1.29, 1.82) is 0 Å². The van der Waals surface area contributed by atoms with E-state index in [4.69, 9.17) is 5.73 Å². The Balaban J connectivity index is 2.45. The summed E-state index contributed by atoms with van der Waals surface area (Å²) in [6.07, 6.45) is 1.53. The Morgan fingerprint density at radius 1 is 1.53 bits per heavy atom. The number of hydrogen-bond donors (Lipinski definition) is 2. The second-order valence-corrected chi connectivity index (χ2v) is 4.59. The van der Waals surface area contributed by atoms with Crippen LogP contribution in [0.1, 0.15) is 16.1 Å². The molecule has 0 saturated carbocycles. The fraction of sp³-hybridized carbons (Fsp3) is 0.167. The van der Waals surface area contributed by atoms with Crippen LogP contribution in [0.2, 0.25) is 0 Å². The highest BCUT2D eigenvalue weighted by atomic mass is 79.9. The Bertz CT molecular complexity index is 626. The summed E-state index contributed by atoms with van der Waals surface area (Å²) in [5.41, 5.74) is 6.64. The van der Waals surface area contributed by atoms with Crippen molar-refractivity contribution >= 4 is 21.8 Å². The lowest BCUT2D eigenvalue weighted by atomic mass is 10.2. The summed E-state index contributed by atoms with van der Waals surface area (Å²) in [5.74, 6) is -0.786. The number of amides is 1. The van der Waals surface area contributed by atoms with Gasteiger partial charge in [0.1, 0.15) is 5.69 Å². The lowest BCUT2D eigenvalue weighted by Gasteiger charge is -2.08. The molecule has 1 aromatic heterocycles. The van der Waals surface area contributed by atoms with Crippen molar-refractivity contribution in [2.24, 2.45) is 5.73 Å². The second-order valence-electron chi connectivity index (χ2n) is 3.80. The number of nitrogens with zero attached hydrogens (tertiary/aromatic N) is 2. The summed E-state index contributed by atoms with van der Waals surface area (Å²) in [5, 5.41) is 6.48. The molecule has 1 heterocycles. The average molecular weight is 327 g/mol. The standard InChI is InChI=1S/C12H12BrFN4O/c1-16-12(19)8-4-5-18(17-8)9-3-2-7(6-15)10(13)11(9)14/h2-5H,6,15H2,1H3,(H,16,19). The normalized spacial score (nSPS) is 10.5. The number of nitrogens with one attached hydrogen (secondary N) is 1. The van der Waals surface area contributed by atoms with Crippen LogP contribution in [0, 0.1) is 5.82 Å². The third-order valence-corrected chi connectivity index (χ3v) is 3.51. The highest BCUT2D eigenvalue weighted by Crippen LogP contribution is 2.25. The smallest absolute Gasteiger partial charge is 0.271 e. The number of aromatic nitrogens is 2. The minimum absolute atomic E-state index is 0.223. The number of carbonyl (C=O) groups excluding carboxylic acids is 1. The molecule has 0 aliphatic rings. The molecule has 1 amide bonds. The quantitative estimate of drug-likeness (QED) is 0.899. The predicted octanol–water partition coefficient (Wildman–Crippen LogP) is 1.59. The van der Waals surface area contributed by atoms with Crippen molar-refractivity contribution in [3.05, 3.63) is 45.9 Å². The summed E-state index contributed by atoms with van der Waals surface area (Å²) in [6, 6.07) is 4.80. The molecule has 0 fully saturated rings. The molecule has 0 spiro atoms. The van der Waals surface area contributed by atoms with Crippen LogP contribution in [0.25, 0.3) is 5.69 Å². The molecule has 0 aliphatic heterocycles. The van der Waals surface area contributed by atoms with Gasteiger partial charge < -0.3 is 11.1 Å². The summed E-state index contributed by atoms with van der Waals surface area (Å²) >= 11 is 3.16. The fourth-order valence-electron chi connectivity index (χ4n) is 1.62. The second kappa shape index (κ2) is 5.50. The number of hydrogen-bond acceptors (Lipinski definition) is 3. The highest BCUT2D eigenvalue weighted by molar-refractivity contribution is 9.10. The van der Waals surface area contributed by atoms with Gasteiger partial charge in [0.05, 0.1) is 4.47 Å². The fourth-order valence-corrected chi connectivity index (χ4v) is 2.12. The van der Waals surface area contributed by atoms with Crippen molar-refractivity contribution in [2.75, 3.05) is 7.05 Å². The molecular formula is C12H12BrFN4O. The zero-order chi connectivity index (χ0) is 14.0. The van der Waals surface area contributed by atoms with Gasteiger partial charge in [0.2, 0.25) is 0 Å². The van der Waals surface area contributed by atoms with Gasteiger partial charge in [-0.05, 0) is 33.6 Å². The van der Waals surface area contributed by atoms with E-state index < -0.39 is 5.82 Å². The lowest BCUT2D eigenvalue weighted by molar-refractivity contribution is 0.0957.